The van der Waals surface area contributed by atoms with E-state index in [1.807, 2.05) is 0 Å². The molecule has 8 heteroatoms. The molecule has 0 bridgehead atoms. The van der Waals surface area contributed by atoms with E-state index >= 15 is 0 Å². The van der Waals surface area contributed by atoms with Crippen LogP contribution in [0, 0.1) is 0 Å². The number of rotatable bonds is 8. The van der Waals surface area contributed by atoms with Gasteiger partial charge < -0.3 is 14.8 Å². The monoisotopic (exact) mass is 403 g/mol. The second-order valence-electron chi connectivity index (χ2n) is 5.68. The Labute approximate surface area is 166 Å². The standard InChI is InChI=1S/C20H18ClNO6/c1-27-20(26)15-4-2-3-5-16(15)22-18(24)12-28-19(25)11-10-17(23)13-6-8-14(21)9-7-13/h2-9H,10-12H2,1H3,(H,22,24). The summed E-state index contributed by atoms with van der Waals surface area (Å²) in [7, 11) is 1.23. The molecule has 28 heavy (non-hydrogen) atoms. The van der Waals surface area contributed by atoms with Gasteiger partial charge in [0.25, 0.3) is 5.91 Å². The number of ketones is 1. The topological polar surface area (TPSA) is 98.8 Å². The number of methoxy groups -OCH3 is 1. The van der Waals surface area contributed by atoms with Gasteiger partial charge in [-0.05, 0) is 36.4 Å². The van der Waals surface area contributed by atoms with Crippen molar-refractivity contribution in [2.75, 3.05) is 19.0 Å². The van der Waals surface area contributed by atoms with Gasteiger partial charge in [0.2, 0.25) is 0 Å². The van der Waals surface area contributed by atoms with Gasteiger partial charge in [-0.2, -0.15) is 0 Å². The molecule has 1 amide bonds. The first-order valence-corrected chi connectivity index (χ1v) is 8.70. The molecule has 0 aliphatic heterocycles. The molecule has 7 nitrogen and oxygen atoms in total. The molecule has 0 aromatic heterocycles. The van der Waals surface area contributed by atoms with Crippen LogP contribution >= 0.6 is 11.6 Å². The van der Waals surface area contributed by atoms with Crippen molar-refractivity contribution >= 4 is 40.9 Å². The highest BCUT2D eigenvalue weighted by Gasteiger charge is 2.15. The van der Waals surface area contributed by atoms with Crippen molar-refractivity contribution in [1.29, 1.82) is 0 Å². The maximum atomic E-state index is 12.0. The van der Waals surface area contributed by atoms with Crippen molar-refractivity contribution in [3.63, 3.8) is 0 Å². The minimum Gasteiger partial charge on any atom is -0.465 e. The minimum absolute atomic E-state index is 0.0484. The van der Waals surface area contributed by atoms with E-state index in [1.54, 1.807) is 36.4 Å². The van der Waals surface area contributed by atoms with Crippen molar-refractivity contribution in [1.82, 2.24) is 0 Å². The average Bonchev–Trinajstić information content (AvgIpc) is 2.70. The van der Waals surface area contributed by atoms with Crippen LogP contribution in [0.4, 0.5) is 5.69 Å². The Morgan fingerprint density at radius 3 is 2.32 bits per heavy atom. The lowest BCUT2D eigenvalue weighted by atomic mass is 10.1. The molecule has 0 saturated carbocycles. The molecule has 1 N–H and O–H groups in total. The summed E-state index contributed by atoms with van der Waals surface area (Å²) < 4.78 is 9.51. The number of carbonyl (C=O) groups excluding carboxylic acids is 4. The van der Waals surface area contributed by atoms with Crippen LogP contribution in [0.1, 0.15) is 33.6 Å². The molecule has 0 saturated heterocycles. The number of benzene rings is 2. The third kappa shape index (κ3) is 6.21. The van der Waals surface area contributed by atoms with Gasteiger partial charge >= 0.3 is 11.9 Å². The summed E-state index contributed by atoms with van der Waals surface area (Å²) in [6.45, 7) is -0.538. The molecule has 2 aromatic carbocycles. The Morgan fingerprint density at radius 2 is 1.64 bits per heavy atom. The van der Waals surface area contributed by atoms with Gasteiger partial charge in [0, 0.05) is 17.0 Å². The highest BCUT2D eigenvalue weighted by molar-refractivity contribution is 6.30. The van der Waals surface area contributed by atoms with Crippen LogP contribution in [-0.4, -0.2) is 37.3 Å². The lowest BCUT2D eigenvalue weighted by Gasteiger charge is -2.10. The number of nitrogens with one attached hydrogen (secondary N) is 1. The zero-order chi connectivity index (χ0) is 20.5. The zero-order valence-corrected chi connectivity index (χ0v) is 15.8. The first-order chi connectivity index (χ1) is 13.4. The minimum atomic E-state index is -0.682. The fourth-order valence-corrected chi connectivity index (χ4v) is 2.41. The molecule has 2 rings (SSSR count). The quantitative estimate of drug-likeness (QED) is 0.536. The maximum absolute atomic E-state index is 12.0. The van der Waals surface area contributed by atoms with E-state index in [0.717, 1.165) is 0 Å². The van der Waals surface area contributed by atoms with Crippen molar-refractivity contribution in [3.05, 3.63) is 64.7 Å². The van der Waals surface area contributed by atoms with E-state index in [-0.39, 0.29) is 29.9 Å². The Balaban J connectivity index is 1.80. The van der Waals surface area contributed by atoms with Crippen molar-refractivity contribution in [3.8, 4) is 0 Å². The molecular formula is C20H18ClNO6. The SMILES string of the molecule is COC(=O)c1ccccc1NC(=O)COC(=O)CCC(=O)c1ccc(Cl)cc1. The predicted molar refractivity (Wildman–Crippen MR) is 102 cm³/mol. The van der Waals surface area contributed by atoms with Gasteiger partial charge in [0.1, 0.15) is 0 Å². The van der Waals surface area contributed by atoms with E-state index in [2.05, 4.69) is 10.1 Å². The summed E-state index contributed by atoms with van der Waals surface area (Å²) in [5.41, 5.74) is 0.862. The molecule has 2 aromatic rings. The molecule has 0 atom stereocenters. The Morgan fingerprint density at radius 1 is 0.964 bits per heavy atom. The van der Waals surface area contributed by atoms with E-state index in [9.17, 15) is 19.2 Å². The highest BCUT2D eigenvalue weighted by Crippen LogP contribution is 2.16. The van der Waals surface area contributed by atoms with E-state index in [0.29, 0.717) is 10.6 Å². The largest absolute Gasteiger partial charge is 0.465 e. The molecule has 146 valence electrons. The Bertz CT molecular complexity index is 879. The zero-order valence-electron chi connectivity index (χ0n) is 15.1. The normalized spacial score (nSPS) is 10.1. The van der Waals surface area contributed by atoms with Gasteiger partial charge in [-0.1, -0.05) is 23.7 Å². The van der Waals surface area contributed by atoms with Crippen LogP contribution < -0.4 is 5.32 Å². The third-order valence-corrected chi connectivity index (χ3v) is 3.95. The van der Waals surface area contributed by atoms with Crippen molar-refractivity contribution in [2.24, 2.45) is 0 Å². The molecule has 0 aliphatic rings. The van der Waals surface area contributed by atoms with Crippen LogP contribution in [0.15, 0.2) is 48.5 Å². The first kappa shape index (κ1) is 21.1. The van der Waals surface area contributed by atoms with Gasteiger partial charge in [-0.3, -0.25) is 14.4 Å². The number of hydrogen-bond acceptors (Lipinski definition) is 6. The summed E-state index contributed by atoms with van der Waals surface area (Å²) in [6, 6.07) is 12.6. The van der Waals surface area contributed by atoms with Gasteiger partial charge in [0.15, 0.2) is 12.4 Å². The lowest BCUT2D eigenvalue weighted by molar-refractivity contribution is -0.147. The van der Waals surface area contributed by atoms with Gasteiger partial charge in [0.05, 0.1) is 24.8 Å². The van der Waals surface area contributed by atoms with Gasteiger partial charge in [-0.15, -0.1) is 0 Å². The second kappa shape index (κ2) is 10.2. The molecule has 0 heterocycles. The average molecular weight is 404 g/mol. The summed E-state index contributed by atoms with van der Waals surface area (Å²) in [6.07, 6.45) is -0.208. The predicted octanol–water partition coefficient (Wildman–Crippen LogP) is 3.27. The van der Waals surface area contributed by atoms with Crippen molar-refractivity contribution < 1.29 is 28.7 Å². The van der Waals surface area contributed by atoms with E-state index < -0.39 is 24.5 Å². The molecule has 0 fully saturated rings. The fraction of sp³-hybridized carbons (Fsp3) is 0.200. The Kier molecular flexibility index (Phi) is 7.71. The number of halogens is 1. The lowest BCUT2D eigenvalue weighted by Crippen LogP contribution is -2.22. The number of hydrogen-bond donors (Lipinski definition) is 1. The molecule has 0 spiro atoms. The number of esters is 2. The summed E-state index contributed by atoms with van der Waals surface area (Å²) in [4.78, 5) is 47.4. The van der Waals surface area contributed by atoms with E-state index in [1.165, 1.54) is 19.2 Å². The van der Waals surface area contributed by atoms with Crippen LogP contribution in [0.3, 0.4) is 0 Å². The number of ether oxygens (including phenoxy) is 2. The number of amides is 1. The molecular weight excluding hydrogens is 386 g/mol. The third-order valence-electron chi connectivity index (χ3n) is 3.69. The fourth-order valence-electron chi connectivity index (χ4n) is 2.28. The highest BCUT2D eigenvalue weighted by atomic mass is 35.5. The first-order valence-electron chi connectivity index (χ1n) is 8.32. The van der Waals surface area contributed by atoms with Crippen LogP contribution in [0.5, 0.6) is 0 Å². The summed E-state index contributed by atoms with van der Waals surface area (Å²) >= 11 is 5.76. The molecule has 0 radical (unpaired) electrons. The number of Topliss-reactive ketones (excluding diaryl/α,β-unsaturated/α-hetero) is 1. The number of carbonyl (C=O) groups is 4. The van der Waals surface area contributed by atoms with Gasteiger partial charge in [-0.25, -0.2) is 4.79 Å². The Hall–Kier alpha value is -3.19. The van der Waals surface area contributed by atoms with Crippen LogP contribution in [0.25, 0.3) is 0 Å². The van der Waals surface area contributed by atoms with Crippen LogP contribution in [-0.2, 0) is 19.1 Å². The maximum Gasteiger partial charge on any atom is 0.339 e. The summed E-state index contributed by atoms with van der Waals surface area (Å²) in [5.74, 6) is -2.13. The van der Waals surface area contributed by atoms with Crippen LogP contribution in [0.2, 0.25) is 5.02 Å². The smallest absolute Gasteiger partial charge is 0.339 e. The second-order valence-corrected chi connectivity index (χ2v) is 6.11. The van der Waals surface area contributed by atoms with E-state index in [4.69, 9.17) is 16.3 Å². The summed E-state index contributed by atoms with van der Waals surface area (Å²) in [5, 5.41) is 2.99. The number of para-hydroxylation sites is 1. The van der Waals surface area contributed by atoms with Crippen molar-refractivity contribution in [2.45, 2.75) is 12.8 Å². The molecule has 0 unspecified atom stereocenters. The molecule has 0 aliphatic carbocycles. The number of anilines is 1.